The van der Waals surface area contributed by atoms with E-state index in [0.717, 1.165) is 22.4 Å². The zero-order valence-electron chi connectivity index (χ0n) is 17.8. The molecule has 0 radical (unpaired) electrons. The van der Waals surface area contributed by atoms with Gasteiger partial charge in [0, 0.05) is 11.1 Å². The molecule has 0 aliphatic carbocycles. The Labute approximate surface area is 195 Å². The van der Waals surface area contributed by atoms with Crippen molar-refractivity contribution < 1.29 is 14.3 Å². The van der Waals surface area contributed by atoms with Crippen molar-refractivity contribution in [2.45, 2.75) is 6.54 Å². The molecule has 0 aliphatic heterocycles. The van der Waals surface area contributed by atoms with Crippen LogP contribution in [0, 0.1) is 0 Å². The second kappa shape index (κ2) is 8.84. The summed E-state index contributed by atoms with van der Waals surface area (Å²) in [5.41, 5.74) is 4.00. The first kappa shape index (κ1) is 20.8. The molecular weight excluding hydrogens is 438 g/mol. The van der Waals surface area contributed by atoms with E-state index in [4.69, 9.17) is 20.8 Å². The van der Waals surface area contributed by atoms with Crippen molar-refractivity contribution in [3.63, 3.8) is 0 Å². The van der Waals surface area contributed by atoms with Crippen LogP contribution in [-0.2, 0) is 6.54 Å². The molecule has 1 N–H and O–H groups in total. The molecule has 5 rings (SSSR count). The minimum absolute atomic E-state index is 0.00210. The number of aromatic nitrogens is 3. The highest BCUT2D eigenvalue weighted by Gasteiger charge is 2.24. The van der Waals surface area contributed by atoms with Crippen LogP contribution in [0.2, 0.25) is 5.02 Å². The predicted molar refractivity (Wildman–Crippen MR) is 127 cm³/mol. The quantitative estimate of drug-likeness (QED) is 0.324. The Morgan fingerprint density at radius 1 is 0.970 bits per heavy atom. The molecule has 0 fully saturated rings. The lowest BCUT2D eigenvalue weighted by atomic mass is 10.1. The van der Waals surface area contributed by atoms with Gasteiger partial charge in [0.1, 0.15) is 23.4 Å². The van der Waals surface area contributed by atoms with Gasteiger partial charge in [-0.05, 0) is 23.8 Å². The number of nitrogens with zero attached hydrogens (tertiary/aromatic N) is 3. The molecule has 33 heavy (non-hydrogen) atoms. The largest absolute Gasteiger partial charge is 0.504 e. The van der Waals surface area contributed by atoms with Gasteiger partial charge in [-0.3, -0.25) is 4.68 Å². The molecule has 7 heteroatoms. The summed E-state index contributed by atoms with van der Waals surface area (Å²) in [5.74, 6) is 0.994. The molecule has 0 saturated carbocycles. The number of methoxy groups -OCH3 is 1. The van der Waals surface area contributed by atoms with E-state index in [1.54, 1.807) is 17.9 Å². The first-order valence-corrected chi connectivity index (χ1v) is 10.7. The van der Waals surface area contributed by atoms with Crippen LogP contribution in [0.5, 0.6) is 11.5 Å². The third-order valence-corrected chi connectivity index (χ3v) is 5.65. The molecule has 0 amide bonds. The Kier molecular flexibility index (Phi) is 5.59. The second-order valence-corrected chi connectivity index (χ2v) is 7.84. The topological polar surface area (TPSA) is 73.3 Å². The molecule has 0 saturated heterocycles. The van der Waals surface area contributed by atoms with E-state index < -0.39 is 0 Å². The minimum Gasteiger partial charge on any atom is -0.504 e. The van der Waals surface area contributed by atoms with E-state index in [2.05, 4.69) is 10.1 Å². The second-order valence-electron chi connectivity index (χ2n) is 7.44. The highest BCUT2D eigenvalue weighted by molar-refractivity contribution is 6.33. The summed E-state index contributed by atoms with van der Waals surface area (Å²) in [7, 11) is 1.63. The van der Waals surface area contributed by atoms with Gasteiger partial charge < -0.3 is 14.3 Å². The Morgan fingerprint density at radius 3 is 2.42 bits per heavy atom. The zero-order chi connectivity index (χ0) is 22.8. The SMILES string of the molecule is COc1ccc(Cn2nc(-c3nc(-c4ccccc4Cl)co3)c(O)c2-c2ccccc2)cc1. The van der Waals surface area contributed by atoms with E-state index >= 15 is 0 Å². The van der Waals surface area contributed by atoms with Crippen molar-refractivity contribution in [3.05, 3.63) is 95.7 Å². The lowest BCUT2D eigenvalue weighted by Crippen LogP contribution is -2.04. The van der Waals surface area contributed by atoms with E-state index in [9.17, 15) is 5.11 Å². The molecule has 0 unspecified atom stereocenters. The number of hydrogen-bond donors (Lipinski definition) is 1. The molecule has 0 spiro atoms. The Bertz CT molecular complexity index is 1390. The van der Waals surface area contributed by atoms with Crippen LogP contribution in [0.4, 0.5) is 0 Å². The van der Waals surface area contributed by atoms with E-state index in [1.807, 2.05) is 72.8 Å². The number of halogens is 1. The predicted octanol–water partition coefficient (Wildman–Crippen LogP) is 6.29. The standard InChI is InChI=1S/C26H20ClN3O3/c1-32-19-13-11-17(12-14-19)15-30-24(18-7-3-2-4-8-18)25(31)23(29-30)26-28-22(16-33-26)20-9-5-6-10-21(20)27/h2-14,16,31H,15H2,1H3. The lowest BCUT2D eigenvalue weighted by Gasteiger charge is -2.09. The van der Waals surface area contributed by atoms with Crippen molar-refractivity contribution in [2.24, 2.45) is 0 Å². The van der Waals surface area contributed by atoms with Crippen LogP contribution in [0.3, 0.4) is 0 Å². The summed E-state index contributed by atoms with van der Waals surface area (Å²) < 4.78 is 12.7. The van der Waals surface area contributed by atoms with Crippen LogP contribution >= 0.6 is 11.6 Å². The van der Waals surface area contributed by atoms with Gasteiger partial charge >= 0.3 is 0 Å². The fraction of sp³-hybridized carbons (Fsp3) is 0.0769. The van der Waals surface area contributed by atoms with Crippen LogP contribution in [0.25, 0.3) is 34.1 Å². The molecule has 3 aromatic carbocycles. The summed E-state index contributed by atoms with van der Waals surface area (Å²) >= 11 is 6.31. The lowest BCUT2D eigenvalue weighted by molar-refractivity contribution is 0.414. The number of hydrogen-bond acceptors (Lipinski definition) is 5. The van der Waals surface area contributed by atoms with E-state index in [1.165, 1.54) is 6.26 Å². The van der Waals surface area contributed by atoms with Crippen molar-refractivity contribution in [1.82, 2.24) is 14.8 Å². The van der Waals surface area contributed by atoms with Crippen molar-refractivity contribution >= 4 is 11.6 Å². The third-order valence-electron chi connectivity index (χ3n) is 5.32. The van der Waals surface area contributed by atoms with Crippen LogP contribution in [0.1, 0.15) is 5.56 Å². The Hall–Kier alpha value is -4.03. The summed E-state index contributed by atoms with van der Waals surface area (Å²) in [6.45, 7) is 0.444. The maximum Gasteiger partial charge on any atom is 0.251 e. The molecule has 0 aliphatic rings. The molecule has 2 heterocycles. The Balaban J connectivity index is 1.58. The van der Waals surface area contributed by atoms with Gasteiger partial charge in [-0.25, -0.2) is 4.98 Å². The van der Waals surface area contributed by atoms with Gasteiger partial charge in [0.15, 0.2) is 11.4 Å². The first-order chi connectivity index (χ1) is 16.1. The third kappa shape index (κ3) is 4.08. The average Bonchev–Trinajstić information content (AvgIpc) is 3.45. The van der Waals surface area contributed by atoms with Gasteiger partial charge in [-0.2, -0.15) is 5.10 Å². The fourth-order valence-corrected chi connectivity index (χ4v) is 3.90. The van der Waals surface area contributed by atoms with Crippen molar-refractivity contribution in [3.8, 4) is 45.6 Å². The van der Waals surface area contributed by atoms with Crippen molar-refractivity contribution in [2.75, 3.05) is 7.11 Å². The number of oxazole rings is 1. The summed E-state index contributed by atoms with van der Waals surface area (Å²) in [5, 5.41) is 16.4. The Morgan fingerprint density at radius 2 is 1.70 bits per heavy atom. The number of aromatic hydroxyl groups is 1. The normalized spacial score (nSPS) is 11.0. The molecule has 0 bridgehead atoms. The molecule has 2 aromatic heterocycles. The van der Waals surface area contributed by atoms with E-state index in [0.29, 0.717) is 23.0 Å². The highest BCUT2D eigenvalue weighted by Crippen LogP contribution is 2.39. The van der Waals surface area contributed by atoms with E-state index in [-0.39, 0.29) is 17.3 Å². The summed E-state index contributed by atoms with van der Waals surface area (Å²) in [6.07, 6.45) is 1.51. The first-order valence-electron chi connectivity index (χ1n) is 10.3. The summed E-state index contributed by atoms with van der Waals surface area (Å²) in [6, 6.07) is 24.7. The number of benzene rings is 3. The van der Waals surface area contributed by atoms with Gasteiger partial charge in [-0.15, -0.1) is 0 Å². The molecule has 0 atom stereocenters. The monoisotopic (exact) mass is 457 g/mol. The zero-order valence-corrected chi connectivity index (χ0v) is 18.5. The highest BCUT2D eigenvalue weighted by atomic mass is 35.5. The van der Waals surface area contributed by atoms with Crippen LogP contribution < -0.4 is 4.74 Å². The average molecular weight is 458 g/mol. The van der Waals surface area contributed by atoms with Crippen molar-refractivity contribution in [1.29, 1.82) is 0 Å². The van der Waals surface area contributed by atoms with Gasteiger partial charge in [0.25, 0.3) is 5.89 Å². The summed E-state index contributed by atoms with van der Waals surface area (Å²) in [4.78, 5) is 4.55. The molecular formula is C26H20ClN3O3. The number of ether oxygens (including phenoxy) is 1. The van der Waals surface area contributed by atoms with Crippen LogP contribution in [-0.4, -0.2) is 27.0 Å². The van der Waals surface area contributed by atoms with Crippen LogP contribution in [0.15, 0.2) is 89.5 Å². The van der Waals surface area contributed by atoms with Gasteiger partial charge in [0.2, 0.25) is 0 Å². The fourth-order valence-electron chi connectivity index (χ4n) is 3.67. The van der Waals surface area contributed by atoms with Gasteiger partial charge in [0.05, 0.1) is 18.7 Å². The number of rotatable bonds is 6. The maximum absolute atomic E-state index is 11.2. The smallest absolute Gasteiger partial charge is 0.251 e. The molecule has 164 valence electrons. The minimum atomic E-state index is 0.00210. The molecule has 5 aromatic rings. The van der Waals surface area contributed by atoms with Gasteiger partial charge in [-0.1, -0.05) is 72.3 Å². The molecule has 6 nitrogen and oxygen atoms in total. The maximum atomic E-state index is 11.2.